The lowest BCUT2D eigenvalue weighted by Crippen LogP contribution is -2.16. The predicted octanol–water partition coefficient (Wildman–Crippen LogP) is 1.32. The molecule has 104 valence electrons. The summed E-state index contributed by atoms with van der Waals surface area (Å²) < 4.78 is 0. The van der Waals surface area contributed by atoms with Crippen molar-refractivity contribution in [3.63, 3.8) is 0 Å². The number of Topliss-reactive ketones (excluding diaryl/α,β-unsaturated/α-hetero) is 2. The van der Waals surface area contributed by atoms with E-state index in [9.17, 15) is 19.2 Å². The maximum absolute atomic E-state index is 10.7. The van der Waals surface area contributed by atoms with Crippen LogP contribution in [0.25, 0.3) is 0 Å². The van der Waals surface area contributed by atoms with Gasteiger partial charge in [-0.2, -0.15) is 0 Å². The molecule has 0 aliphatic rings. The highest BCUT2D eigenvalue weighted by Crippen LogP contribution is 2.04. The second kappa shape index (κ2) is 11.0. The Labute approximate surface area is 114 Å². The molecular weight excluding hydrogens is 287 g/mol. The van der Waals surface area contributed by atoms with Gasteiger partial charge in [-0.1, -0.05) is 6.92 Å². The number of aliphatic carboxylic acids is 2. The Bertz CT molecular complexity index is 315. The van der Waals surface area contributed by atoms with Crippen LogP contribution in [-0.4, -0.2) is 45.0 Å². The first kappa shape index (κ1) is 19.2. The number of hydrogen-bond donors (Lipinski definition) is 2. The number of carbonyl (C=O) groups is 4. The van der Waals surface area contributed by atoms with Crippen molar-refractivity contribution in [2.75, 3.05) is 5.88 Å². The first-order valence-corrected chi connectivity index (χ1v) is 5.89. The number of carboxylic acids is 2. The number of alkyl halides is 2. The van der Waals surface area contributed by atoms with Crippen molar-refractivity contribution in [1.82, 2.24) is 0 Å². The lowest BCUT2D eigenvalue weighted by atomic mass is 10.2. The van der Waals surface area contributed by atoms with Gasteiger partial charge in [0.05, 0.1) is 11.3 Å². The molecule has 0 amide bonds. The molecule has 18 heavy (non-hydrogen) atoms. The van der Waals surface area contributed by atoms with E-state index in [0.717, 1.165) is 0 Å². The zero-order valence-electron chi connectivity index (χ0n) is 9.69. The topological polar surface area (TPSA) is 109 Å². The SMILES string of the molecule is CCC(Cl)C(=O)CC(=O)O.O=C(O)CC(=O)CCl. The molecule has 0 saturated carbocycles. The van der Waals surface area contributed by atoms with E-state index >= 15 is 0 Å². The smallest absolute Gasteiger partial charge is 0.310 e. The van der Waals surface area contributed by atoms with Gasteiger partial charge < -0.3 is 10.2 Å². The largest absolute Gasteiger partial charge is 0.481 e. The second-order valence-electron chi connectivity index (χ2n) is 3.16. The highest BCUT2D eigenvalue weighted by Gasteiger charge is 2.15. The first-order valence-electron chi connectivity index (χ1n) is 4.92. The van der Waals surface area contributed by atoms with Crippen molar-refractivity contribution in [3.05, 3.63) is 0 Å². The predicted molar refractivity (Wildman–Crippen MR) is 65.2 cm³/mol. The first-order chi connectivity index (χ1) is 8.24. The molecule has 2 N–H and O–H groups in total. The van der Waals surface area contributed by atoms with E-state index in [0.29, 0.717) is 6.42 Å². The minimum Gasteiger partial charge on any atom is -0.481 e. The van der Waals surface area contributed by atoms with Crippen LogP contribution in [-0.2, 0) is 19.2 Å². The summed E-state index contributed by atoms with van der Waals surface area (Å²) in [5.74, 6) is -3.35. The summed E-state index contributed by atoms with van der Waals surface area (Å²) >= 11 is 10.4. The van der Waals surface area contributed by atoms with Crippen molar-refractivity contribution in [1.29, 1.82) is 0 Å². The van der Waals surface area contributed by atoms with Crippen LogP contribution in [0.5, 0.6) is 0 Å². The van der Waals surface area contributed by atoms with Gasteiger partial charge in [0, 0.05) is 0 Å². The monoisotopic (exact) mass is 300 g/mol. The minimum atomic E-state index is -1.13. The molecule has 0 heterocycles. The summed E-state index contributed by atoms with van der Waals surface area (Å²) in [6.07, 6.45) is -0.459. The van der Waals surface area contributed by atoms with Crippen molar-refractivity contribution < 1.29 is 29.4 Å². The molecule has 1 unspecified atom stereocenters. The molecule has 8 heteroatoms. The molecule has 0 spiro atoms. The lowest BCUT2D eigenvalue weighted by Gasteiger charge is -2.00. The molecule has 0 aromatic heterocycles. The van der Waals surface area contributed by atoms with E-state index in [1.54, 1.807) is 6.92 Å². The van der Waals surface area contributed by atoms with E-state index in [1.165, 1.54) is 0 Å². The Morgan fingerprint density at radius 1 is 1.06 bits per heavy atom. The van der Waals surface area contributed by atoms with E-state index in [1.807, 2.05) is 0 Å². The third kappa shape index (κ3) is 12.9. The average molecular weight is 301 g/mol. The molecule has 0 aliphatic heterocycles. The Balaban J connectivity index is 0. The van der Waals surface area contributed by atoms with E-state index in [4.69, 9.17) is 33.4 Å². The van der Waals surface area contributed by atoms with Crippen LogP contribution in [0.4, 0.5) is 0 Å². The third-order valence-electron chi connectivity index (χ3n) is 1.53. The van der Waals surface area contributed by atoms with Crippen LogP contribution in [0.3, 0.4) is 0 Å². The molecule has 1 atom stereocenters. The lowest BCUT2D eigenvalue weighted by molar-refractivity contribution is -0.141. The molecular formula is C10H14Cl2O6. The fraction of sp³-hybridized carbons (Fsp3) is 0.600. The molecule has 0 bridgehead atoms. The number of ketones is 2. The summed E-state index contributed by atoms with van der Waals surface area (Å²) in [6, 6.07) is 0. The van der Waals surface area contributed by atoms with Gasteiger partial charge in [0.15, 0.2) is 11.6 Å². The van der Waals surface area contributed by atoms with Crippen LogP contribution in [0.1, 0.15) is 26.2 Å². The van der Waals surface area contributed by atoms with Crippen molar-refractivity contribution >= 4 is 46.7 Å². The van der Waals surface area contributed by atoms with Crippen molar-refractivity contribution in [2.24, 2.45) is 0 Å². The average Bonchev–Trinajstić information content (AvgIpc) is 2.26. The van der Waals surface area contributed by atoms with E-state index in [-0.39, 0.29) is 5.88 Å². The summed E-state index contributed by atoms with van der Waals surface area (Å²) in [4.78, 5) is 40.4. The van der Waals surface area contributed by atoms with Crippen LogP contribution >= 0.6 is 23.2 Å². The van der Waals surface area contributed by atoms with Gasteiger partial charge in [-0.05, 0) is 6.42 Å². The van der Waals surface area contributed by atoms with Gasteiger partial charge in [0.1, 0.15) is 12.8 Å². The van der Waals surface area contributed by atoms with Crippen LogP contribution in [0.2, 0.25) is 0 Å². The zero-order chi connectivity index (χ0) is 14.7. The highest BCUT2D eigenvalue weighted by atomic mass is 35.5. The summed E-state index contributed by atoms with van der Waals surface area (Å²) in [7, 11) is 0. The minimum absolute atomic E-state index is 0.216. The quantitative estimate of drug-likeness (QED) is 0.542. The third-order valence-corrected chi connectivity index (χ3v) is 2.38. The van der Waals surface area contributed by atoms with E-state index in [2.05, 4.69) is 0 Å². The van der Waals surface area contributed by atoms with Crippen LogP contribution in [0, 0.1) is 0 Å². The Hall–Kier alpha value is -1.14. The summed E-state index contributed by atoms with van der Waals surface area (Å²) in [5, 5.41) is 15.4. The highest BCUT2D eigenvalue weighted by molar-refractivity contribution is 6.32. The maximum atomic E-state index is 10.7. The molecule has 0 aromatic carbocycles. The molecule has 0 aliphatic carbocycles. The van der Waals surface area contributed by atoms with Gasteiger partial charge in [-0.15, -0.1) is 23.2 Å². The number of rotatable bonds is 7. The number of carbonyl (C=O) groups excluding carboxylic acids is 2. The van der Waals surface area contributed by atoms with Gasteiger partial charge >= 0.3 is 11.9 Å². The van der Waals surface area contributed by atoms with Crippen LogP contribution in [0.15, 0.2) is 0 Å². The van der Waals surface area contributed by atoms with Crippen molar-refractivity contribution in [3.8, 4) is 0 Å². The molecule has 0 aromatic rings. The van der Waals surface area contributed by atoms with E-state index < -0.39 is 41.7 Å². The molecule has 0 fully saturated rings. The number of halogens is 2. The Kier molecular flexibility index (Phi) is 11.7. The maximum Gasteiger partial charge on any atom is 0.310 e. The number of carboxylic acid groups (broad SMARTS) is 2. The fourth-order valence-electron chi connectivity index (χ4n) is 0.703. The van der Waals surface area contributed by atoms with Crippen LogP contribution < -0.4 is 0 Å². The van der Waals surface area contributed by atoms with Gasteiger partial charge in [-0.25, -0.2) is 0 Å². The zero-order valence-corrected chi connectivity index (χ0v) is 11.2. The molecule has 0 rings (SSSR count). The Morgan fingerprint density at radius 3 is 1.72 bits per heavy atom. The van der Waals surface area contributed by atoms with Crippen molar-refractivity contribution in [2.45, 2.75) is 31.6 Å². The van der Waals surface area contributed by atoms with Gasteiger partial charge in [0.25, 0.3) is 0 Å². The summed E-state index contributed by atoms with van der Waals surface area (Å²) in [6.45, 7) is 1.73. The summed E-state index contributed by atoms with van der Waals surface area (Å²) in [5.41, 5.74) is 0. The fourth-order valence-corrected chi connectivity index (χ4v) is 0.875. The molecule has 0 radical (unpaired) electrons. The standard InChI is InChI=1S/C6H9ClO3.C4H5ClO3/c1-2-4(7)5(8)3-6(9)10;5-2-3(6)1-4(7)8/h4H,2-3H2,1H3,(H,9,10);1-2H2,(H,7,8). The molecule has 6 nitrogen and oxygen atoms in total. The van der Waals surface area contributed by atoms with Gasteiger partial charge in [-0.3, -0.25) is 19.2 Å². The van der Waals surface area contributed by atoms with Gasteiger partial charge in [0.2, 0.25) is 0 Å². The Morgan fingerprint density at radius 2 is 1.50 bits per heavy atom. The second-order valence-corrected chi connectivity index (χ2v) is 3.95. The number of hydrogen-bond acceptors (Lipinski definition) is 4. The normalized spacial score (nSPS) is 10.8. The molecule has 0 saturated heterocycles.